The van der Waals surface area contributed by atoms with E-state index in [1.807, 2.05) is 30.5 Å². The van der Waals surface area contributed by atoms with Crippen LogP contribution in [0.2, 0.25) is 0 Å². The van der Waals surface area contributed by atoms with Gasteiger partial charge >= 0.3 is 11.9 Å². The molecule has 0 saturated carbocycles. The van der Waals surface area contributed by atoms with Crippen molar-refractivity contribution < 1.29 is 18.7 Å². The number of halogens is 1. The van der Waals surface area contributed by atoms with Crippen molar-refractivity contribution in [3.63, 3.8) is 0 Å². The van der Waals surface area contributed by atoms with Crippen molar-refractivity contribution in [1.82, 2.24) is 4.57 Å². The van der Waals surface area contributed by atoms with Crippen molar-refractivity contribution in [3.8, 4) is 0 Å². The number of rotatable bonds is 6. The van der Waals surface area contributed by atoms with E-state index in [0.29, 0.717) is 0 Å². The van der Waals surface area contributed by atoms with Crippen molar-refractivity contribution in [2.45, 2.75) is 32.4 Å². The Kier molecular flexibility index (Phi) is 6.24. The van der Waals surface area contributed by atoms with Crippen LogP contribution in [0.5, 0.6) is 0 Å². The first-order chi connectivity index (χ1) is 13.9. The maximum absolute atomic E-state index is 13.6. The molecule has 0 radical (unpaired) electrons. The number of ether oxygens (including phenoxy) is 1. The van der Waals surface area contributed by atoms with Gasteiger partial charge in [0.2, 0.25) is 0 Å². The first kappa shape index (κ1) is 20.5. The summed E-state index contributed by atoms with van der Waals surface area (Å²) in [4.78, 5) is 24.1. The summed E-state index contributed by atoms with van der Waals surface area (Å²) in [7, 11) is 0. The van der Waals surface area contributed by atoms with E-state index in [-0.39, 0.29) is 18.0 Å². The van der Waals surface area contributed by atoms with Crippen molar-refractivity contribution in [2.24, 2.45) is 5.73 Å². The van der Waals surface area contributed by atoms with Crippen LogP contribution in [0.15, 0.2) is 60.8 Å². The van der Waals surface area contributed by atoms with Crippen molar-refractivity contribution >= 4 is 28.9 Å². The van der Waals surface area contributed by atoms with E-state index in [9.17, 15) is 14.0 Å². The number of carbonyl (C=O) groups is 2. The van der Waals surface area contributed by atoms with Crippen LogP contribution < -0.4 is 5.73 Å². The number of esters is 2. The number of hydrogen-bond donors (Lipinski definition) is 1. The summed E-state index contributed by atoms with van der Waals surface area (Å²) >= 11 is 0. The van der Waals surface area contributed by atoms with Crippen LogP contribution in [-0.4, -0.2) is 22.5 Å². The molecule has 1 atom stereocenters. The van der Waals surface area contributed by atoms with Gasteiger partial charge in [-0.2, -0.15) is 0 Å². The molecule has 5 nitrogen and oxygen atoms in total. The first-order valence-corrected chi connectivity index (χ1v) is 9.39. The standard InChI is InChI=1S/C23H23FN2O3/c1-15(2)26-14-17(18-8-4-6-10-21(18)26)13-20(25)23(28)29-22(27)12-11-16-7-3-5-9-19(16)24/h3-12,14-15,20H,13,25H2,1-2H3/t20-/m0/s1. The van der Waals surface area contributed by atoms with E-state index in [4.69, 9.17) is 10.5 Å². The van der Waals surface area contributed by atoms with E-state index in [1.165, 1.54) is 18.2 Å². The van der Waals surface area contributed by atoms with Crippen LogP contribution in [0.1, 0.15) is 31.0 Å². The van der Waals surface area contributed by atoms with Crippen LogP contribution in [0.25, 0.3) is 17.0 Å². The lowest BCUT2D eigenvalue weighted by Gasteiger charge is -2.09. The Morgan fingerprint density at radius 1 is 1.14 bits per heavy atom. The van der Waals surface area contributed by atoms with Gasteiger partial charge in [0.1, 0.15) is 11.9 Å². The topological polar surface area (TPSA) is 74.3 Å². The predicted octanol–water partition coefficient (Wildman–Crippen LogP) is 4.01. The van der Waals surface area contributed by atoms with E-state index in [2.05, 4.69) is 18.4 Å². The average molecular weight is 394 g/mol. The molecule has 1 aromatic heterocycles. The van der Waals surface area contributed by atoms with Crippen LogP contribution in [-0.2, 0) is 20.7 Å². The third-order valence-corrected chi connectivity index (χ3v) is 4.63. The second kappa shape index (κ2) is 8.84. The van der Waals surface area contributed by atoms with Gasteiger partial charge in [-0.05, 0) is 37.6 Å². The summed E-state index contributed by atoms with van der Waals surface area (Å²) in [5, 5.41) is 1.01. The molecule has 0 aliphatic rings. The molecular formula is C23H23FN2O3. The van der Waals surface area contributed by atoms with Crippen molar-refractivity contribution in [2.75, 3.05) is 0 Å². The molecule has 2 aromatic carbocycles. The highest BCUT2D eigenvalue weighted by Crippen LogP contribution is 2.25. The summed E-state index contributed by atoms with van der Waals surface area (Å²) in [5.41, 5.74) is 8.18. The smallest absolute Gasteiger partial charge is 0.338 e. The average Bonchev–Trinajstić information content (AvgIpc) is 3.06. The van der Waals surface area contributed by atoms with Crippen LogP contribution in [0.4, 0.5) is 4.39 Å². The second-order valence-corrected chi connectivity index (χ2v) is 7.08. The monoisotopic (exact) mass is 394 g/mol. The van der Waals surface area contributed by atoms with Gasteiger partial charge < -0.3 is 15.0 Å². The van der Waals surface area contributed by atoms with Gasteiger partial charge in [0, 0.05) is 41.2 Å². The van der Waals surface area contributed by atoms with Gasteiger partial charge in [-0.1, -0.05) is 36.4 Å². The Hall–Kier alpha value is -3.25. The molecule has 1 heterocycles. The fourth-order valence-electron chi connectivity index (χ4n) is 3.16. The third kappa shape index (κ3) is 4.78. The van der Waals surface area contributed by atoms with Gasteiger partial charge in [0.05, 0.1) is 0 Å². The molecular weight excluding hydrogens is 371 g/mol. The maximum atomic E-state index is 13.6. The van der Waals surface area contributed by atoms with Gasteiger partial charge in [0.15, 0.2) is 0 Å². The first-order valence-electron chi connectivity index (χ1n) is 9.39. The normalized spacial score (nSPS) is 12.6. The summed E-state index contributed by atoms with van der Waals surface area (Å²) in [6.07, 6.45) is 4.48. The summed E-state index contributed by atoms with van der Waals surface area (Å²) in [5.74, 6) is -2.19. The summed E-state index contributed by atoms with van der Waals surface area (Å²) in [6.45, 7) is 4.15. The zero-order chi connectivity index (χ0) is 21.0. The lowest BCUT2D eigenvalue weighted by Crippen LogP contribution is -2.35. The molecule has 0 spiro atoms. The van der Waals surface area contributed by atoms with Gasteiger partial charge in [-0.25, -0.2) is 14.0 Å². The van der Waals surface area contributed by atoms with E-state index >= 15 is 0 Å². The lowest BCUT2D eigenvalue weighted by atomic mass is 10.1. The minimum atomic E-state index is -0.993. The highest BCUT2D eigenvalue weighted by Gasteiger charge is 2.21. The highest BCUT2D eigenvalue weighted by molar-refractivity contribution is 5.96. The molecule has 6 heteroatoms. The SMILES string of the molecule is CC(C)n1cc(C[C@H](N)C(=O)OC(=O)C=Cc2ccccc2F)c2ccccc21. The molecule has 3 aromatic rings. The van der Waals surface area contributed by atoms with Crippen molar-refractivity contribution in [1.29, 1.82) is 0 Å². The largest absolute Gasteiger partial charge is 0.389 e. The number of fused-ring (bicyclic) bond motifs is 1. The zero-order valence-corrected chi connectivity index (χ0v) is 16.3. The van der Waals surface area contributed by atoms with Crippen LogP contribution >= 0.6 is 0 Å². The van der Waals surface area contributed by atoms with Crippen LogP contribution in [0.3, 0.4) is 0 Å². The third-order valence-electron chi connectivity index (χ3n) is 4.63. The molecule has 0 fully saturated rings. The molecule has 150 valence electrons. The molecule has 0 aliphatic carbocycles. The number of aromatic nitrogens is 1. The second-order valence-electron chi connectivity index (χ2n) is 7.08. The number of carbonyl (C=O) groups excluding carboxylic acids is 2. The number of hydrogen-bond acceptors (Lipinski definition) is 4. The Labute approximate surface area is 168 Å². The molecule has 0 bridgehead atoms. The minimum Gasteiger partial charge on any atom is -0.389 e. The molecule has 0 saturated heterocycles. The van der Waals surface area contributed by atoms with Gasteiger partial charge in [-0.15, -0.1) is 0 Å². The molecule has 29 heavy (non-hydrogen) atoms. The van der Waals surface area contributed by atoms with Gasteiger partial charge in [0.25, 0.3) is 0 Å². The Morgan fingerprint density at radius 2 is 1.83 bits per heavy atom. The summed E-state index contributed by atoms with van der Waals surface area (Å²) in [6, 6.07) is 13.1. The minimum absolute atomic E-state index is 0.225. The highest BCUT2D eigenvalue weighted by atomic mass is 19.1. The number of nitrogens with two attached hydrogens (primary N) is 1. The van der Waals surface area contributed by atoms with E-state index < -0.39 is 23.8 Å². The van der Waals surface area contributed by atoms with E-state index in [1.54, 1.807) is 12.1 Å². The quantitative estimate of drug-likeness (QED) is 0.389. The molecule has 2 N–H and O–H groups in total. The van der Waals surface area contributed by atoms with Crippen LogP contribution in [0, 0.1) is 5.82 Å². The lowest BCUT2D eigenvalue weighted by molar-refractivity contribution is -0.157. The predicted molar refractivity (Wildman–Crippen MR) is 111 cm³/mol. The molecule has 0 aliphatic heterocycles. The molecule has 3 rings (SSSR count). The maximum Gasteiger partial charge on any atom is 0.338 e. The number of benzene rings is 2. The van der Waals surface area contributed by atoms with E-state index in [0.717, 1.165) is 22.5 Å². The fourth-order valence-corrected chi connectivity index (χ4v) is 3.16. The molecule has 0 amide bonds. The Morgan fingerprint density at radius 3 is 2.55 bits per heavy atom. The molecule has 0 unspecified atom stereocenters. The fraction of sp³-hybridized carbons (Fsp3) is 0.217. The zero-order valence-electron chi connectivity index (χ0n) is 16.3. The Balaban J connectivity index is 1.67. The van der Waals surface area contributed by atoms with Crippen molar-refractivity contribution in [3.05, 3.63) is 77.7 Å². The van der Waals surface area contributed by atoms with Gasteiger partial charge in [-0.3, -0.25) is 0 Å². The Bertz CT molecular complexity index is 1070. The summed E-state index contributed by atoms with van der Waals surface area (Å²) < 4.78 is 20.5. The number of nitrogens with zero attached hydrogens (tertiary/aromatic N) is 1. The number of para-hydroxylation sites is 1.